The summed E-state index contributed by atoms with van der Waals surface area (Å²) in [6.45, 7) is 6.05. The van der Waals surface area contributed by atoms with Crippen molar-refractivity contribution in [2.24, 2.45) is 5.14 Å². The van der Waals surface area contributed by atoms with Crippen molar-refractivity contribution in [3.05, 3.63) is 11.2 Å². The first-order chi connectivity index (χ1) is 7.32. The number of ether oxygens (including phenoxy) is 2. The van der Waals surface area contributed by atoms with Gasteiger partial charge in [0, 0.05) is 0 Å². The number of hydrogen-bond donors (Lipinski definition) is 1. The monoisotopic (exact) mass is 262 g/mol. The standard InChI is InChI=1S/C9H14N2O3S2/c1-8(2)13-5-9(3,14-8)7-11-4-6(15-7)16(10)12/h4H,5,10H2,1-3H3/t9-,16-/m0/s1. The molecular formula is C9H14N2O3S2. The first-order valence-electron chi connectivity index (χ1n) is 4.79. The van der Waals surface area contributed by atoms with E-state index in [1.165, 1.54) is 17.5 Å². The molecule has 7 heteroatoms. The number of rotatable bonds is 2. The maximum absolute atomic E-state index is 11.1. The van der Waals surface area contributed by atoms with E-state index in [-0.39, 0.29) is 0 Å². The van der Waals surface area contributed by atoms with Gasteiger partial charge in [-0.15, -0.1) is 11.3 Å². The molecule has 2 atom stereocenters. The molecule has 0 aromatic carbocycles. The summed E-state index contributed by atoms with van der Waals surface area (Å²) < 4.78 is 23.0. The second-order valence-corrected chi connectivity index (χ2v) is 6.63. The van der Waals surface area contributed by atoms with Crippen LogP contribution in [0.1, 0.15) is 25.8 Å². The average molecular weight is 262 g/mol. The predicted molar refractivity (Wildman–Crippen MR) is 61.2 cm³/mol. The fraction of sp³-hybridized carbons (Fsp3) is 0.667. The van der Waals surface area contributed by atoms with Gasteiger partial charge >= 0.3 is 0 Å². The Hall–Kier alpha value is -0.340. The van der Waals surface area contributed by atoms with Crippen LogP contribution in [0.2, 0.25) is 0 Å². The summed E-state index contributed by atoms with van der Waals surface area (Å²) in [7, 11) is -1.49. The van der Waals surface area contributed by atoms with Crippen molar-refractivity contribution in [1.29, 1.82) is 0 Å². The first-order valence-corrected chi connectivity index (χ1v) is 6.82. The highest BCUT2D eigenvalue weighted by atomic mass is 32.2. The van der Waals surface area contributed by atoms with Crippen LogP contribution in [0.15, 0.2) is 10.4 Å². The lowest BCUT2D eigenvalue weighted by Gasteiger charge is -2.22. The van der Waals surface area contributed by atoms with Crippen LogP contribution in [0.5, 0.6) is 0 Å². The Balaban J connectivity index is 2.27. The van der Waals surface area contributed by atoms with Crippen LogP contribution in [0.25, 0.3) is 0 Å². The molecule has 1 aromatic rings. The molecule has 16 heavy (non-hydrogen) atoms. The number of nitrogens with two attached hydrogens (primary N) is 1. The maximum atomic E-state index is 11.1. The highest BCUT2D eigenvalue weighted by Gasteiger charge is 2.45. The molecule has 2 heterocycles. The molecule has 2 N–H and O–H groups in total. The Morgan fingerprint density at radius 2 is 2.25 bits per heavy atom. The Kier molecular flexibility index (Phi) is 2.92. The van der Waals surface area contributed by atoms with Gasteiger partial charge in [0.25, 0.3) is 0 Å². The SMILES string of the molecule is CC1(C)OC[C@@](C)(c2ncc([S@@](N)=O)s2)O1. The van der Waals surface area contributed by atoms with Gasteiger partial charge in [0.15, 0.2) is 5.79 Å². The van der Waals surface area contributed by atoms with Crippen molar-refractivity contribution in [2.45, 2.75) is 36.4 Å². The second-order valence-electron chi connectivity index (χ2n) is 4.30. The molecule has 2 rings (SSSR count). The van der Waals surface area contributed by atoms with Crippen LogP contribution in [0.4, 0.5) is 0 Å². The lowest BCUT2D eigenvalue weighted by molar-refractivity contribution is -0.159. The molecular weight excluding hydrogens is 248 g/mol. The largest absolute Gasteiger partial charge is 0.347 e. The van der Waals surface area contributed by atoms with E-state index in [1.54, 1.807) is 0 Å². The minimum atomic E-state index is -1.49. The van der Waals surface area contributed by atoms with Crippen molar-refractivity contribution >= 4 is 22.3 Å². The predicted octanol–water partition coefficient (Wildman–Crippen LogP) is 1.12. The molecule has 0 bridgehead atoms. The van der Waals surface area contributed by atoms with E-state index in [9.17, 15) is 4.21 Å². The van der Waals surface area contributed by atoms with Crippen molar-refractivity contribution in [2.75, 3.05) is 6.61 Å². The molecule has 1 aliphatic heterocycles. The minimum absolute atomic E-state index is 0.435. The van der Waals surface area contributed by atoms with Gasteiger partial charge in [-0.2, -0.15) is 0 Å². The maximum Gasteiger partial charge on any atom is 0.164 e. The van der Waals surface area contributed by atoms with Crippen LogP contribution in [0.3, 0.4) is 0 Å². The zero-order valence-corrected chi connectivity index (χ0v) is 11.0. The van der Waals surface area contributed by atoms with Crippen LogP contribution >= 0.6 is 11.3 Å². The highest BCUT2D eigenvalue weighted by Crippen LogP contribution is 2.40. The Morgan fingerprint density at radius 3 is 2.69 bits per heavy atom. The van der Waals surface area contributed by atoms with Crippen LogP contribution in [-0.2, 0) is 26.1 Å². The van der Waals surface area contributed by atoms with Crippen LogP contribution in [0, 0.1) is 0 Å². The molecule has 1 saturated heterocycles. The summed E-state index contributed by atoms with van der Waals surface area (Å²) >= 11 is 1.30. The van der Waals surface area contributed by atoms with Crippen molar-refractivity contribution in [1.82, 2.24) is 4.98 Å². The molecule has 0 amide bonds. The fourth-order valence-corrected chi connectivity index (χ4v) is 3.05. The van der Waals surface area contributed by atoms with Gasteiger partial charge < -0.3 is 9.47 Å². The van der Waals surface area contributed by atoms with Crippen molar-refractivity contribution < 1.29 is 13.7 Å². The van der Waals surface area contributed by atoms with Gasteiger partial charge in [0.1, 0.15) is 25.8 Å². The van der Waals surface area contributed by atoms with Gasteiger partial charge in [-0.1, -0.05) is 0 Å². The molecule has 0 unspecified atom stereocenters. The molecule has 1 fully saturated rings. The van der Waals surface area contributed by atoms with Gasteiger partial charge in [-0.3, -0.25) is 0 Å². The van der Waals surface area contributed by atoms with Crippen LogP contribution < -0.4 is 5.14 Å². The molecule has 0 aliphatic carbocycles. The summed E-state index contributed by atoms with van der Waals surface area (Å²) in [6.07, 6.45) is 1.52. The Bertz CT molecular complexity index is 432. The van der Waals surface area contributed by atoms with E-state index in [0.29, 0.717) is 10.8 Å². The fourth-order valence-electron chi connectivity index (χ4n) is 1.62. The minimum Gasteiger partial charge on any atom is -0.347 e. The lowest BCUT2D eigenvalue weighted by atomic mass is 10.1. The summed E-state index contributed by atoms with van der Waals surface area (Å²) in [5.41, 5.74) is -0.578. The van der Waals surface area contributed by atoms with E-state index < -0.39 is 22.4 Å². The average Bonchev–Trinajstić information content (AvgIpc) is 2.71. The van der Waals surface area contributed by atoms with E-state index >= 15 is 0 Å². The second kappa shape index (κ2) is 3.85. The van der Waals surface area contributed by atoms with Crippen molar-refractivity contribution in [3.8, 4) is 0 Å². The number of thiazole rings is 1. The normalized spacial score (nSPS) is 30.5. The number of hydrogen-bond acceptors (Lipinski definition) is 5. The summed E-state index contributed by atoms with van der Waals surface area (Å²) in [4.78, 5) is 4.20. The van der Waals surface area contributed by atoms with Gasteiger partial charge in [0.05, 0.1) is 12.8 Å². The molecule has 90 valence electrons. The van der Waals surface area contributed by atoms with E-state index in [4.69, 9.17) is 14.6 Å². The molecule has 0 spiro atoms. The highest BCUT2D eigenvalue weighted by molar-refractivity contribution is 7.85. The molecule has 0 saturated carbocycles. The first kappa shape index (κ1) is 12.1. The van der Waals surface area contributed by atoms with Crippen LogP contribution in [-0.4, -0.2) is 21.6 Å². The van der Waals surface area contributed by atoms with Gasteiger partial charge in [-0.05, 0) is 20.8 Å². The number of aromatic nitrogens is 1. The Labute approximate surface area is 101 Å². The topological polar surface area (TPSA) is 74.4 Å². The van der Waals surface area contributed by atoms with Gasteiger partial charge in [0.2, 0.25) is 0 Å². The zero-order chi connectivity index (χ0) is 12.0. The molecule has 1 aliphatic rings. The third kappa shape index (κ3) is 2.18. The molecule has 0 radical (unpaired) electrons. The van der Waals surface area contributed by atoms with Crippen molar-refractivity contribution in [3.63, 3.8) is 0 Å². The summed E-state index contributed by atoms with van der Waals surface area (Å²) in [5.74, 6) is -0.609. The summed E-state index contributed by atoms with van der Waals surface area (Å²) in [5, 5.41) is 6.04. The quantitative estimate of drug-likeness (QED) is 0.866. The smallest absolute Gasteiger partial charge is 0.164 e. The molecule has 1 aromatic heterocycles. The zero-order valence-electron chi connectivity index (χ0n) is 9.35. The third-order valence-corrected chi connectivity index (χ3v) is 4.58. The summed E-state index contributed by atoms with van der Waals surface area (Å²) in [6, 6.07) is 0. The van der Waals surface area contributed by atoms with E-state index in [0.717, 1.165) is 5.01 Å². The van der Waals surface area contributed by atoms with E-state index in [2.05, 4.69) is 4.98 Å². The Morgan fingerprint density at radius 1 is 1.56 bits per heavy atom. The molecule has 5 nitrogen and oxygen atoms in total. The third-order valence-electron chi connectivity index (χ3n) is 2.30. The number of nitrogens with zero attached hydrogens (tertiary/aromatic N) is 1. The van der Waals surface area contributed by atoms with E-state index in [1.807, 2.05) is 20.8 Å². The lowest BCUT2D eigenvalue weighted by Crippen LogP contribution is -2.28. The van der Waals surface area contributed by atoms with Gasteiger partial charge in [-0.25, -0.2) is 14.3 Å².